The first kappa shape index (κ1) is 13.8. The summed E-state index contributed by atoms with van der Waals surface area (Å²) in [6.07, 6.45) is 1.06. The number of rotatable bonds is 5. The average molecular weight is 275 g/mol. The van der Waals surface area contributed by atoms with E-state index < -0.39 is 0 Å². The molecule has 0 heterocycles. The third-order valence-electron chi connectivity index (χ3n) is 3.25. The van der Waals surface area contributed by atoms with Gasteiger partial charge in [-0.1, -0.05) is 48.9 Å². The third kappa shape index (κ3) is 3.90. The number of nitrogens with one attached hydrogen (secondary N) is 1. The van der Waals surface area contributed by atoms with E-state index in [0.717, 1.165) is 18.7 Å². The Balaban J connectivity index is 1.86. The molecule has 0 aliphatic heterocycles. The molecule has 0 saturated heterocycles. The van der Waals surface area contributed by atoms with Gasteiger partial charge in [-0.25, -0.2) is 0 Å². The van der Waals surface area contributed by atoms with E-state index >= 15 is 0 Å². The zero-order chi connectivity index (χ0) is 13.7. The van der Waals surface area contributed by atoms with Gasteiger partial charge in [-0.3, -0.25) is 0 Å². The van der Waals surface area contributed by atoms with Gasteiger partial charge in [0.25, 0.3) is 0 Å². The standard InChI is InChI=1S/C16H19ClN2/c1-12(13-5-3-2-4-6-13)9-10-19-16-8-7-14(18)11-15(16)17/h2-8,11-12,19H,9-10,18H2,1H3. The van der Waals surface area contributed by atoms with Crippen molar-refractivity contribution in [2.24, 2.45) is 0 Å². The number of nitrogen functional groups attached to an aromatic ring is 1. The van der Waals surface area contributed by atoms with Gasteiger partial charge in [-0.05, 0) is 36.1 Å². The Morgan fingerprint density at radius 1 is 1.16 bits per heavy atom. The van der Waals surface area contributed by atoms with Crippen LogP contribution in [0.3, 0.4) is 0 Å². The van der Waals surface area contributed by atoms with Crippen LogP contribution in [0.15, 0.2) is 48.5 Å². The molecule has 0 aromatic heterocycles. The number of halogens is 1. The summed E-state index contributed by atoms with van der Waals surface area (Å²) in [5.74, 6) is 0.529. The lowest BCUT2D eigenvalue weighted by Gasteiger charge is -2.14. The predicted molar refractivity (Wildman–Crippen MR) is 83.8 cm³/mol. The molecular formula is C16H19ClN2. The van der Waals surface area contributed by atoms with Crippen molar-refractivity contribution in [2.75, 3.05) is 17.6 Å². The molecule has 0 aliphatic rings. The highest BCUT2D eigenvalue weighted by Crippen LogP contribution is 2.25. The molecule has 2 aromatic carbocycles. The van der Waals surface area contributed by atoms with Crippen molar-refractivity contribution in [3.05, 3.63) is 59.1 Å². The first-order valence-corrected chi connectivity index (χ1v) is 6.88. The summed E-state index contributed by atoms with van der Waals surface area (Å²) in [7, 11) is 0. The van der Waals surface area contributed by atoms with E-state index in [1.807, 2.05) is 18.2 Å². The van der Waals surface area contributed by atoms with E-state index in [0.29, 0.717) is 16.6 Å². The highest BCUT2D eigenvalue weighted by Gasteiger charge is 2.05. The Bertz CT molecular complexity index is 526. The number of nitrogens with two attached hydrogens (primary N) is 1. The lowest BCUT2D eigenvalue weighted by molar-refractivity contribution is 0.706. The fourth-order valence-electron chi connectivity index (χ4n) is 2.05. The minimum Gasteiger partial charge on any atom is -0.399 e. The van der Waals surface area contributed by atoms with Crippen molar-refractivity contribution in [2.45, 2.75) is 19.3 Å². The normalized spacial score (nSPS) is 12.1. The topological polar surface area (TPSA) is 38.0 Å². The van der Waals surface area contributed by atoms with Crippen LogP contribution in [0.5, 0.6) is 0 Å². The number of hydrogen-bond acceptors (Lipinski definition) is 2. The van der Waals surface area contributed by atoms with Crippen molar-refractivity contribution < 1.29 is 0 Å². The maximum Gasteiger partial charge on any atom is 0.0657 e. The molecule has 0 fully saturated rings. The Morgan fingerprint density at radius 3 is 2.58 bits per heavy atom. The molecule has 0 saturated carbocycles. The second-order valence-electron chi connectivity index (χ2n) is 4.77. The SMILES string of the molecule is CC(CCNc1ccc(N)cc1Cl)c1ccccc1. The molecule has 1 unspecified atom stereocenters. The Kier molecular flexibility index (Phi) is 4.69. The zero-order valence-corrected chi connectivity index (χ0v) is 11.8. The van der Waals surface area contributed by atoms with Crippen LogP contribution in [0, 0.1) is 0 Å². The molecule has 19 heavy (non-hydrogen) atoms. The number of benzene rings is 2. The average Bonchev–Trinajstić information content (AvgIpc) is 2.42. The minimum absolute atomic E-state index is 0.529. The Labute approximate surface area is 119 Å². The molecule has 2 nitrogen and oxygen atoms in total. The summed E-state index contributed by atoms with van der Waals surface area (Å²) >= 11 is 6.12. The van der Waals surface area contributed by atoms with Crippen LogP contribution in [-0.4, -0.2) is 6.54 Å². The molecule has 1 atom stereocenters. The van der Waals surface area contributed by atoms with Gasteiger partial charge in [-0.15, -0.1) is 0 Å². The van der Waals surface area contributed by atoms with Crippen LogP contribution in [0.4, 0.5) is 11.4 Å². The summed E-state index contributed by atoms with van der Waals surface area (Å²) in [5, 5.41) is 4.03. The van der Waals surface area contributed by atoms with E-state index in [9.17, 15) is 0 Å². The highest BCUT2D eigenvalue weighted by molar-refractivity contribution is 6.33. The van der Waals surface area contributed by atoms with Crippen molar-refractivity contribution in [1.82, 2.24) is 0 Å². The molecule has 2 rings (SSSR count). The van der Waals surface area contributed by atoms with E-state index in [1.165, 1.54) is 5.56 Å². The van der Waals surface area contributed by atoms with Crippen LogP contribution in [-0.2, 0) is 0 Å². The molecule has 0 aliphatic carbocycles. The fraction of sp³-hybridized carbons (Fsp3) is 0.250. The molecule has 0 spiro atoms. The van der Waals surface area contributed by atoms with Gasteiger partial charge in [0.05, 0.1) is 10.7 Å². The van der Waals surface area contributed by atoms with Gasteiger partial charge < -0.3 is 11.1 Å². The zero-order valence-electron chi connectivity index (χ0n) is 11.1. The summed E-state index contributed by atoms with van der Waals surface area (Å²) in [6.45, 7) is 3.13. The van der Waals surface area contributed by atoms with Crippen molar-refractivity contribution in [3.63, 3.8) is 0 Å². The second kappa shape index (κ2) is 6.48. The van der Waals surface area contributed by atoms with Crippen LogP contribution in [0.2, 0.25) is 5.02 Å². The largest absolute Gasteiger partial charge is 0.399 e. The molecular weight excluding hydrogens is 256 g/mol. The van der Waals surface area contributed by atoms with E-state index in [2.05, 4.69) is 36.5 Å². The van der Waals surface area contributed by atoms with Gasteiger partial charge in [-0.2, -0.15) is 0 Å². The fourth-order valence-corrected chi connectivity index (χ4v) is 2.30. The summed E-state index contributed by atoms with van der Waals surface area (Å²) in [6, 6.07) is 16.1. The molecule has 0 amide bonds. The summed E-state index contributed by atoms with van der Waals surface area (Å²) in [5.41, 5.74) is 8.67. The summed E-state index contributed by atoms with van der Waals surface area (Å²) < 4.78 is 0. The van der Waals surface area contributed by atoms with Crippen LogP contribution >= 0.6 is 11.6 Å². The third-order valence-corrected chi connectivity index (χ3v) is 3.57. The first-order valence-electron chi connectivity index (χ1n) is 6.50. The number of hydrogen-bond donors (Lipinski definition) is 2. The molecule has 0 radical (unpaired) electrons. The monoisotopic (exact) mass is 274 g/mol. The predicted octanol–water partition coefficient (Wildman–Crippen LogP) is 4.53. The summed E-state index contributed by atoms with van der Waals surface area (Å²) in [4.78, 5) is 0. The van der Waals surface area contributed by atoms with Crippen LogP contribution in [0.1, 0.15) is 24.8 Å². The minimum atomic E-state index is 0.529. The molecule has 3 heteroatoms. The molecule has 0 bridgehead atoms. The second-order valence-corrected chi connectivity index (χ2v) is 5.17. The number of anilines is 2. The molecule has 100 valence electrons. The van der Waals surface area contributed by atoms with Crippen LogP contribution < -0.4 is 11.1 Å². The van der Waals surface area contributed by atoms with Gasteiger partial charge >= 0.3 is 0 Å². The highest BCUT2D eigenvalue weighted by atomic mass is 35.5. The van der Waals surface area contributed by atoms with E-state index in [1.54, 1.807) is 6.07 Å². The Morgan fingerprint density at radius 2 is 1.89 bits per heavy atom. The van der Waals surface area contributed by atoms with Crippen LogP contribution in [0.25, 0.3) is 0 Å². The maximum absolute atomic E-state index is 6.12. The van der Waals surface area contributed by atoms with Gasteiger partial charge in [0.2, 0.25) is 0 Å². The smallest absolute Gasteiger partial charge is 0.0657 e. The lowest BCUT2D eigenvalue weighted by atomic mass is 9.98. The van der Waals surface area contributed by atoms with E-state index in [-0.39, 0.29) is 0 Å². The first-order chi connectivity index (χ1) is 9.16. The van der Waals surface area contributed by atoms with E-state index in [4.69, 9.17) is 17.3 Å². The quantitative estimate of drug-likeness (QED) is 0.786. The van der Waals surface area contributed by atoms with Crippen molar-refractivity contribution in [1.29, 1.82) is 0 Å². The van der Waals surface area contributed by atoms with Gasteiger partial charge in [0, 0.05) is 12.2 Å². The Hall–Kier alpha value is -1.67. The van der Waals surface area contributed by atoms with Gasteiger partial charge in [0.15, 0.2) is 0 Å². The molecule has 2 aromatic rings. The van der Waals surface area contributed by atoms with Crippen molar-refractivity contribution >= 4 is 23.0 Å². The van der Waals surface area contributed by atoms with Crippen molar-refractivity contribution in [3.8, 4) is 0 Å². The lowest BCUT2D eigenvalue weighted by Crippen LogP contribution is -2.06. The molecule has 3 N–H and O–H groups in total. The van der Waals surface area contributed by atoms with Gasteiger partial charge in [0.1, 0.15) is 0 Å². The maximum atomic E-state index is 6.12.